The molecule has 0 spiro atoms. The van der Waals surface area contributed by atoms with Crippen LogP contribution in [0.5, 0.6) is 0 Å². The molecule has 118 valence electrons. The van der Waals surface area contributed by atoms with Crippen molar-refractivity contribution in [1.29, 1.82) is 0 Å². The van der Waals surface area contributed by atoms with Crippen LogP contribution in [0.4, 0.5) is 9.18 Å². The summed E-state index contributed by atoms with van der Waals surface area (Å²) in [5.41, 5.74) is 0.747. The number of quaternary nitrogens is 1. The molecule has 0 aromatic heterocycles. The van der Waals surface area contributed by atoms with Gasteiger partial charge in [0.15, 0.2) is 6.04 Å². The molecule has 3 amide bonds. The van der Waals surface area contributed by atoms with E-state index in [1.807, 2.05) is 19.2 Å². The molecule has 1 aromatic rings. The molecule has 6 heteroatoms. The van der Waals surface area contributed by atoms with E-state index in [-0.39, 0.29) is 35.9 Å². The zero-order valence-corrected chi connectivity index (χ0v) is 12.8. The quantitative estimate of drug-likeness (QED) is 0.894. The van der Waals surface area contributed by atoms with Crippen LogP contribution < -0.4 is 5.32 Å². The first-order chi connectivity index (χ1) is 10.5. The highest BCUT2D eigenvalue weighted by atomic mass is 19.1. The first-order valence-corrected chi connectivity index (χ1v) is 7.70. The van der Waals surface area contributed by atoms with Crippen LogP contribution in [0.15, 0.2) is 24.3 Å². The van der Waals surface area contributed by atoms with Crippen LogP contribution in [-0.2, 0) is 11.3 Å². The summed E-state index contributed by atoms with van der Waals surface area (Å²) in [7, 11) is 0. The molecule has 0 unspecified atom stereocenters. The van der Waals surface area contributed by atoms with E-state index in [9.17, 15) is 14.0 Å². The standard InChI is InChI=1S/C16H20FN3O2/c1-10(2)20-15(21)14-13(6-7-18-14)19(16(20)22)9-11-4-3-5-12(17)8-11/h3-5,8,10,13-14,18H,6-7,9H2,1-2H3/p+1/t13-,14+/m1/s1. The van der Waals surface area contributed by atoms with E-state index in [0.29, 0.717) is 6.54 Å². The molecule has 22 heavy (non-hydrogen) atoms. The van der Waals surface area contributed by atoms with E-state index in [4.69, 9.17) is 0 Å². The molecule has 2 heterocycles. The number of carbonyl (C=O) groups excluding carboxylic acids is 2. The van der Waals surface area contributed by atoms with E-state index in [1.54, 1.807) is 17.0 Å². The number of rotatable bonds is 3. The molecule has 2 fully saturated rings. The SMILES string of the molecule is CC(C)N1C(=O)[C@H]2[NH2+]CC[C@H]2N(Cc2cccc(F)c2)C1=O. The Morgan fingerprint density at radius 3 is 2.82 bits per heavy atom. The zero-order valence-electron chi connectivity index (χ0n) is 12.8. The second-order valence-corrected chi connectivity index (χ2v) is 6.25. The van der Waals surface area contributed by atoms with Crippen molar-refractivity contribution < 1.29 is 19.3 Å². The van der Waals surface area contributed by atoms with Gasteiger partial charge in [-0.2, -0.15) is 0 Å². The third-order valence-electron chi connectivity index (χ3n) is 4.43. The van der Waals surface area contributed by atoms with E-state index in [0.717, 1.165) is 18.5 Å². The Kier molecular flexibility index (Phi) is 3.87. The van der Waals surface area contributed by atoms with Gasteiger partial charge in [0, 0.05) is 19.0 Å². The Balaban J connectivity index is 1.90. The summed E-state index contributed by atoms with van der Waals surface area (Å²) >= 11 is 0. The molecular formula is C16H21FN3O2+. The number of imide groups is 1. The number of nitrogens with zero attached hydrogens (tertiary/aromatic N) is 2. The lowest BCUT2D eigenvalue weighted by Gasteiger charge is -2.41. The van der Waals surface area contributed by atoms with Gasteiger partial charge in [-0.15, -0.1) is 0 Å². The number of amides is 3. The molecular weight excluding hydrogens is 285 g/mol. The fraction of sp³-hybridized carbons (Fsp3) is 0.500. The van der Waals surface area contributed by atoms with Gasteiger partial charge in [-0.05, 0) is 31.5 Å². The van der Waals surface area contributed by atoms with Crippen LogP contribution in [0.2, 0.25) is 0 Å². The number of hydrogen-bond acceptors (Lipinski definition) is 2. The van der Waals surface area contributed by atoms with Crippen LogP contribution in [0.25, 0.3) is 0 Å². The maximum atomic E-state index is 13.4. The van der Waals surface area contributed by atoms with Crippen molar-refractivity contribution in [3.05, 3.63) is 35.6 Å². The molecule has 0 radical (unpaired) electrons. The third kappa shape index (κ3) is 2.47. The minimum atomic E-state index is -0.312. The summed E-state index contributed by atoms with van der Waals surface area (Å²) in [6.07, 6.45) is 0.795. The highest BCUT2D eigenvalue weighted by molar-refractivity contribution is 6.00. The van der Waals surface area contributed by atoms with Crippen LogP contribution in [0.3, 0.4) is 0 Å². The molecule has 3 rings (SSSR count). The number of urea groups is 1. The van der Waals surface area contributed by atoms with Gasteiger partial charge in [0.05, 0.1) is 6.54 Å². The Bertz CT molecular complexity index is 605. The molecule has 0 bridgehead atoms. The minimum Gasteiger partial charge on any atom is -0.334 e. The average molecular weight is 306 g/mol. The smallest absolute Gasteiger partial charge is 0.327 e. The average Bonchev–Trinajstić information content (AvgIpc) is 2.93. The van der Waals surface area contributed by atoms with Crippen molar-refractivity contribution in [1.82, 2.24) is 9.80 Å². The van der Waals surface area contributed by atoms with Gasteiger partial charge >= 0.3 is 6.03 Å². The van der Waals surface area contributed by atoms with Crippen molar-refractivity contribution >= 4 is 11.9 Å². The third-order valence-corrected chi connectivity index (χ3v) is 4.43. The fourth-order valence-corrected chi connectivity index (χ4v) is 3.43. The van der Waals surface area contributed by atoms with Crippen molar-refractivity contribution in [2.45, 2.75) is 44.9 Å². The van der Waals surface area contributed by atoms with Crippen molar-refractivity contribution in [2.24, 2.45) is 0 Å². The van der Waals surface area contributed by atoms with E-state index in [1.165, 1.54) is 17.0 Å². The first kappa shape index (κ1) is 15.0. The van der Waals surface area contributed by atoms with Gasteiger partial charge in [0.2, 0.25) is 0 Å². The largest absolute Gasteiger partial charge is 0.334 e. The van der Waals surface area contributed by atoms with E-state index in [2.05, 4.69) is 0 Å². The van der Waals surface area contributed by atoms with Crippen molar-refractivity contribution in [2.75, 3.05) is 6.54 Å². The number of fused-ring (bicyclic) bond motifs is 1. The topological polar surface area (TPSA) is 57.2 Å². The lowest BCUT2D eigenvalue weighted by atomic mass is 10.0. The predicted molar refractivity (Wildman–Crippen MR) is 78.3 cm³/mol. The number of nitrogens with two attached hydrogens (primary N) is 1. The summed E-state index contributed by atoms with van der Waals surface area (Å²) in [6, 6.07) is 5.51. The number of hydrogen-bond donors (Lipinski definition) is 1. The van der Waals surface area contributed by atoms with Crippen molar-refractivity contribution in [3.63, 3.8) is 0 Å². The molecule has 2 atom stereocenters. The molecule has 2 N–H and O–H groups in total. The number of carbonyl (C=O) groups is 2. The lowest BCUT2D eigenvalue weighted by molar-refractivity contribution is -0.660. The molecule has 0 aliphatic carbocycles. The van der Waals surface area contributed by atoms with Crippen LogP contribution >= 0.6 is 0 Å². The maximum absolute atomic E-state index is 13.4. The van der Waals surface area contributed by atoms with Gasteiger partial charge in [-0.1, -0.05) is 12.1 Å². The molecule has 0 saturated carbocycles. The second kappa shape index (κ2) is 5.68. The number of halogens is 1. The first-order valence-electron chi connectivity index (χ1n) is 7.70. The Morgan fingerprint density at radius 1 is 1.36 bits per heavy atom. The van der Waals surface area contributed by atoms with Crippen LogP contribution in [-0.4, -0.2) is 46.4 Å². The van der Waals surface area contributed by atoms with Gasteiger partial charge < -0.3 is 10.2 Å². The normalized spacial score (nSPS) is 25.1. The Hall–Kier alpha value is -1.95. The van der Waals surface area contributed by atoms with Gasteiger partial charge in [-0.25, -0.2) is 9.18 Å². The van der Waals surface area contributed by atoms with Gasteiger partial charge in [-0.3, -0.25) is 9.69 Å². The zero-order chi connectivity index (χ0) is 15.9. The highest BCUT2D eigenvalue weighted by Gasteiger charge is 2.51. The van der Waals surface area contributed by atoms with Gasteiger partial charge in [0.25, 0.3) is 5.91 Å². The summed E-state index contributed by atoms with van der Waals surface area (Å²) in [4.78, 5) is 28.3. The highest BCUT2D eigenvalue weighted by Crippen LogP contribution is 2.25. The number of benzene rings is 1. The van der Waals surface area contributed by atoms with Gasteiger partial charge in [0.1, 0.15) is 11.9 Å². The van der Waals surface area contributed by atoms with E-state index >= 15 is 0 Å². The molecule has 2 saturated heterocycles. The van der Waals surface area contributed by atoms with Crippen molar-refractivity contribution in [3.8, 4) is 0 Å². The van der Waals surface area contributed by atoms with E-state index < -0.39 is 0 Å². The maximum Gasteiger partial charge on any atom is 0.327 e. The monoisotopic (exact) mass is 306 g/mol. The Labute approximate surface area is 129 Å². The summed E-state index contributed by atoms with van der Waals surface area (Å²) < 4.78 is 13.4. The molecule has 5 nitrogen and oxygen atoms in total. The summed E-state index contributed by atoms with van der Waals surface area (Å²) in [5.74, 6) is -0.411. The molecule has 1 aromatic carbocycles. The van der Waals surface area contributed by atoms with Crippen LogP contribution in [0.1, 0.15) is 25.8 Å². The molecule has 2 aliphatic rings. The lowest BCUT2D eigenvalue weighted by Crippen LogP contribution is -2.93. The summed E-state index contributed by atoms with van der Waals surface area (Å²) in [6.45, 7) is 4.85. The second-order valence-electron chi connectivity index (χ2n) is 6.25. The summed E-state index contributed by atoms with van der Waals surface area (Å²) in [5, 5.41) is 2.01. The fourth-order valence-electron chi connectivity index (χ4n) is 3.43. The Morgan fingerprint density at radius 2 is 2.14 bits per heavy atom. The van der Waals surface area contributed by atoms with Crippen LogP contribution in [0, 0.1) is 5.82 Å². The predicted octanol–water partition coefficient (Wildman–Crippen LogP) is 0.703. The minimum absolute atomic E-state index is 0.0988. The molecule has 2 aliphatic heterocycles.